The number of halogens is 1. The lowest BCUT2D eigenvalue weighted by Gasteiger charge is -2.24. The summed E-state index contributed by atoms with van der Waals surface area (Å²) in [4.78, 5) is 25.7. The Morgan fingerprint density at radius 3 is 2.70 bits per heavy atom. The summed E-state index contributed by atoms with van der Waals surface area (Å²) in [6.07, 6.45) is 2.42. The van der Waals surface area contributed by atoms with Crippen molar-refractivity contribution in [2.24, 2.45) is 5.92 Å². The first-order chi connectivity index (χ1) is 9.10. The van der Waals surface area contributed by atoms with Gasteiger partial charge >= 0.3 is 0 Å². The molecule has 0 bridgehead atoms. The van der Waals surface area contributed by atoms with Gasteiger partial charge in [0.2, 0.25) is 11.8 Å². The van der Waals surface area contributed by atoms with Crippen molar-refractivity contribution < 1.29 is 9.59 Å². The second-order valence-corrected chi connectivity index (χ2v) is 5.23. The summed E-state index contributed by atoms with van der Waals surface area (Å²) in [5, 5.41) is 6.05. The van der Waals surface area contributed by atoms with E-state index in [1.54, 1.807) is 0 Å². The molecule has 0 spiro atoms. The third-order valence-electron chi connectivity index (χ3n) is 3.62. The average Bonchev–Trinajstić information content (AvgIpc) is 2.77. The highest BCUT2D eigenvalue weighted by Crippen LogP contribution is 2.22. The Morgan fingerprint density at radius 1 is 1.40 bits per heavy atom. The molecule has 1 fully saturated rings. The van der Waals surface area contributed by atoms with Crippen molar-refractivity contribution in [3.63, 3.8) is 0 Å². The van der Waals surface area contributed by atoms with Gasteiger partial charge in [0.1, 0.15) is 0 Å². The summed E-state index contributed by atoms with van der Waals surface area (Å²) < 4.78 is 0. The summed E-state index contributed by atoms with van der Waals surface area (Å²) in [7, 11) is 0. The number of nitrogens with zero attached hydrogens (tertiary/aromatic N) is 1. The molecule has 2 unspecified atom stereocenters. The highest BCUT2D eigenvalue weighted by atomic mass is 35.5. The lowest BCUT2D eigenvalue weighted by atomic mass is 10.1. The van der Waals surface area contributed by atoms with E-state index in [1.165, 1.54) is 0 Å². The maximum atomic E-state index is 12.0. The van der Waals surface area contributed by atoms with Gasteiger partial charge in [-0.3, -0.25) is 9.59 Å². The lowest BCUT2D eigenvalue weighted by Crippen LogP contribution is -2.38. The van der Waals surface area contributed by atoms with Crippen LogP contribution in [0.15, 0.2) is 0 Å². The fourth-order valence-electron chi connectivity index (χ4n) is 2.50. The Kier molecular flexibility index (Phi) is 9.59. The van der Waals surface area contributed by atoms with E-state index < -0.39 is 0 Å². The summed E-state index contributed by atoms with van der Waals surface area (Å²) in [6.45, 7) is 9.09. The van der Waals surface area contributed by atoms with Crippen LogP contribution in [0.2, 0.25) is 0 Å². The molecule has 20 heavy (non-hydrogen) atoms. The highest BCUT2D eigenvalue weighted by Gasteiger charge is 2.35. The Morgan fingerprint density at radius 2 is 2.10 bits per heavy atom. The predicted molar refractivity (Wildman–Crippen MR) is 83.0 cm³/mol. The summed E-state index contributed by atoms with van der Waals surface area (Å²) in [5.74, 6) is -0.0429. The zero-order chi connectivity index (χ0) is 14.3. The first-order valence-corrected chi connectivity index (χ1v) is 7.38. The molecule has 5 nitrogen and oxygen atoms in total. The highest BCUT2D eigenvalue weighted by molar-refractivity contribution is 5.89. The Bertz CT molecular complexity index is 313. The van der Waals surface area contributed by atoms with Crippen LogP contribution in [0.25, 0.3) is 0 Å². The van der Waals surface area contributed by atoms with E-state index >= 15 is 0 Å². The van der Waals surface area contributed by atoms with Crippen molar-refractivity contribution in [2.45, 2.75) is 46.1 Å². The number of carbonyl (C=O) groups is 2. The molecule has 6 heteroatoms. The van der Waals surface area contributed by atoms with E-state index in [-0.39, 0.29) is 36.2 Å². The lowest BCUT2D eigenvalue weighted by molar-refractivity contribution is -0.130. The molecule has 1 rings (SSSR count). The summed E-state index contributed by atoms with van der Waals surface area (Å²) in [5.41, 5.74) is 0. The fraction of sp³-hybridized carbons (Fsp3) is 0.857. The van der Waals surface area contributed by atoms with Gasteiger partial charge in [-0.2, -0.15) is 0 Å². The number of carbonyl (C=O) groups excluding carboxylic acids is 2. The number of likely N-dealkylation sites (tertiary alicyclic amines) is 1. The molecule has 0 aromatic rings. The Hall–Kier alpha value is -0.810. The average molecular weight is 306 g/mol. The molecule has 2 atom stereocenters. The van der Waals surface area contributed by atoms with Crippen LogP contribution in [0.4, 0.5) is 0 Å². The predicted octanol–water partition coefficient (Wildman–Crippen LogP) is 1.17. The van der Waals surface area contributed by atoms with Crippen molar-refractivity contribution in [3.8, 4) is 0 Å². The van der Waals surface area contributed by atoms with Crippen LogP contribution in [0.3, 0.4) is 0 Å². The van der Waals surface area contributed by atoms with Crippen LogP contribution in [0, 0.1) is 5.92 Å². The van der Waals surface area contributed by atoms with Gasteiger partial charge in [-0.05, 0) is 19.9 Å². The molecule has 2 N–H and O–H groups in total. The molecule has 118 valence electrons. The molecule has 0 aromatic carbocycles. The van der Waals surface area contributed by atoms with Gasteiger partial charge in [0.15, 0.2) is 0 Å². The molecule has 1 saturated heterocycles. The molecule has 1 aliphatic heterocycles. The van der Waals surface area contributed by atoms with E-state index in [0.29, 0.717) is 19.5 Å². The minimum absolute atomic E-state index is 0. The summed E-state index contributed by atoms with van der Waals surface area (Å²) in [6, 6.07) is 0.247. The number of hydrogen-bond donors (Lipinski definition) is 2. The van der Waals surface area contributed by atoms with E-state index in [0.717, 1.165) is 25.9 Å². The van der Waals surface area contributed by atoms with Crippen molar-refractivity contribution in [3.05, 3.63) is 0 Å². The Labute approximate surface area is 128 Å². The van der Waals surface area contributed by atoms with Crippen molar-refractivity contribution >= 4 is 24.2 Å². The van der Waals surface area contributed by atoms with Gasteiger partial charge in [-0.15, -0.1) is 12.4 Å². The largest absolute Gasteiger partial charge is 0.355 e. The van der Waals surface area contributed by atoms with Crippen LogP contribution in [-0.2, 0) is 9.59 Å². The zero-order valence-corrected chi connectivity index (χ0v) is 13.6. The third-order valence-corrected chi connectivity index (χ3v) is 3.62. The van der Waals surface area contributed by atoms with Crippen LogP contribution < -0.4 is 10.6 Å². The van der Waals surface area contributed by atoms with Crippen LogP contribution in [0.5, 0.6) is 0 Å². The maximum absolute atomic E-state index is 12.0. The Balaban J connectivity index is 0.00000361. The number of hydrogen-bond acceptors (Lipinski definition) is 3. The molecular weight excluding hydrogens is 278 g/mol. The monoisotopic (exact) mass is 305 g/mol. The van der Waals surface area contributed by atoms with E-state index in [1.807, 2.05) is 11.8 Å². The van der Waals surface area contributed by atoms with Crippen LogP contribution >= 0.6 is 12.4 Å². The maximum Gasteiger partial charge on any atom is 0.225 e. The van der Waals surface area contributed by atoms with Crippen molar-refractivity contribution in [1.29, 1.82) is 0 Å². The smallest absolute Gasteiger partial charge is 0.225 e. The van der Waals surface area contributed by atoms with Crippen LogP contribution in [-0.4, -0.2) is 48.9 Å². The fourth-order valence-corrected chi connectivity index (χ4v) is 2.50. The molecule has 0 aromatic heterocycles. The first kappa shape index (κ1) is 19.2. The van der Waals surface area contributed by atoms with Gasteiger partial charge < -0.3 is 15.5 Å². The number of likely N-dealkylation sites (N-methyl/N-ethyl adjacent to an activating group) is 1. The van der Waals surface area contributed by atoms with E-state index in [9.17, 15) is 9.59 Å². The second kappa shape index (κ2) is 10.00. The first-order valence-electron chi connectivity index (χ1n) is 7.38. The molecule has 0 aliphatic carbocycles. The van der Waals surface area contributed by atoms with Gasteiger partial charge in [-0.1, -0.05) is 20.3 Å². The SMILES string of the molecule is CCCC(C)N1CC(C(=O)NCCNCC)CC1=O.Cl. The molecule has 0 saturated carbocycles. The number of amides is 2. The van der Waals surface area contributed by atoms with Crippen molar-refractivity contribution in [1.82, 2.24) is 15.5 Å². The normalized spacial score (nSPS) is 19.6. The zero-order valence-electron chi connectivity index (χ0n) is 12.8. The topological polar surface area (TPSA) is 61.4 Å². The minimum Gasteiger partial charge on any atom is -0.355 e. The molecule has 1 heterocycles. The standard InChI is InChI=1S/C14H27N3O2.ClH/c1-4-6-11(3)17-10-12(9-13(17)18)14(19)16-8-7-15-5-2;/h11-12,15H,4-10H2,1-3H3,(H,16,19);1H. The second-order valence-electron chi connectivity index (χ2n) is 5.23. The molecule has 2 amide bonds. The quantitative estimate of drug-likeness (QED) is 0.662. The van der Waals surface area contributed by atoms with E-state index in [4.69, 9.17) is 0 Å². The van der Waals surface area contributed by atoms with Gasteiger partial charge in [0.05, 0.1) is 5.92 Å². The molecule has 1 aliphatic rings. The molecule has 0 radical (unpaired) electrons. The minimum atomic E-state index is -0.173. The van der Waals surface area contributed by atoms with Crippen LogP contribution in [0.1, 0.15) is 40.0 Å². The van der Waals surface area contributed by atoms with Gasteiger partial charge in [0, 0.05) is 32.1 Å². The van der Waals surface area contributed by atoms with Gasteiger partial charge in [0.25, 0.3) is 0 Å². The van der Waals surface area contributed by atoms with Crippen molar-refractivity contribution in [2.75, 3.05) is 26.2 Å². The van der Waals surface area contributed by atoms with E-state index in [2.05, 4.69) is 24.5 Å². The number of nitrogens with one attached hydrogen (secondary N) is 2. The number of rotatable bonds is 8. The summed E-state index contributed by atoms with van der Waals surface area (Å²) >= 11 is 0. The van der Waals surface area contributed by atoms with Gasteiger partial charge in [-0.25, -0.2) is 0 Å². The molecular formula is C14H28ClN3O2. The third kappa shape index (κ3) is 5.67.